The number of hydrogen-bond acceptors (Lipinski definition) is 3. The summed E-state index contributed by atoms with van der Waals surface area (Å²) in [6, 6.07) is 13.1. The molecule has 2 aromatic rings. The van der Waals surface area contributed by atoms with Gasteiger partial charge in [-0.1, -0.05) is 24.3 Å². The van der Waals surface area contributed by atoms with Crippen molar-refractivity contribution in [3.8, 4) is 0 Å². The van der Waals surface area contributed by atoms with Crippen molar-refractivity contribution in [3.05, 3.63) is 59.4 Å². The first kappa shape index (κ1) is 13.1. The number of amides is 1. The van der Waals surface area contributed by atoms with E-state index in [2.05, 4.69) is 10.3 Å². The molecule has 4 heteroatoms. The van der Waals surface area contributed by atoms with Gasteiger partial charge in [0.25, 0.3) is 0 Å². The zero-order chi connectivity index (χ0) is 13.7. The van der Waals surface area contributed by atoms with Crippen LogP contribution < -0.4 is 11.1 Å². The van der Waals surface area contributed by atoms with Gasteiger partial charge in [0.1, 0.15) is 0 Å². The molecule has 0 radical (unpaired) electrons. The quantitative estimate of drug-likeness (QED) is 0.819. The fourth-order valence-electron chi connectivity index (χ4n) is 1.82. The van der Waals surface area contributed by atoms with Crippen molar-refractivity contribution in [2.45, 2.75) is 19.9 Å². The fraction of sp³-hybridized carbons (Fsp3) is 0.200. The molecule has 1 heterocycles. The molecule has 1 aromatic heterocycles. The number of carbonyl (C=O) groups excluding carboxylic acids is 1. The highest BCUT2D eigenvalue weighted by Gasteiger charge is 2.06. The van der Waals surface area contributed by atoms with Crippen LogP contribution in [0.2, 0.25) is 0 Å². The average Bonchev–Trinajstić information content (AvgIpc) is 2.39. The van der Waals surface area contributed by atoms with E-state index in [0.29, 0.717) is 18.7 Å². The van der Waals surface area contributed by atoms with Crippen LogP contribution in [0.1, 0.15) is 17.0 Å². The van der Waals surface area contributed by atoms with Gasteiger partial charge in [-0.2, -0.15) is 0 Å². The summed E-state index contributed by atoms with van der Waals surface area (Å²) in [5, 5.41) is 2.84. The molecule has 98 valence electrons. The molecule has 0 spiro atoms. The number of hydrogen-bond donors (Lipinski definition) is 2. The number of nitrogens with one attached hydrogen (secondary N) is 1. The second kappa shape index (κ2) is 6.00. The standard InChI is InChI=1S/C15H17N3O/c1-11-5-4-7-13(18-11)10-17-15(19)9-12-6-2-3-8-14(12)16/h2-8H,9-10,16H2,1H3,(H,17,19). The van der Waals surface area contributed by atoms with Crippen molar-refractivity contribution >= 4 is 11.6 Å². The highest BCUT2D eigenvalue weighted by Crippen LogP contribution is 2.10. The monoisotopic (exact) mass is 255 g/mol. The molecular formula is C15H17N3O. The Hall–Kier alpha value is -2.36. The summed E-state index contributed by atoms with van der Waals surface area (Å²) in [4.78, 5) is 16.2. The first-order valence-corrected chi connectivity index (χ1v) is 6.18. The van der Waals surface area contributed by atoms with E-state index in [1.165, 1.54) is 0 Å². The van der Waals surface area contributed by atoms with E-state index in [9.17, 15) is 4.79 Å². The number of aryl methyl sites for hydroxylation is 1. The molecule has 1 amide bonds. The van der Waals surface area contributed by atoms with Crippen molar-refractivity contribution in [2.24, 2.45) is 0 Å². The SMILES string of the molecule is Cc1cccc(CNC(=O)Cc2ccccc2N)n1. The molecule has 3 N–H and O–H groups in total. The summed E-state index contributed by atoms with van der Waals surface area (Å²) < 4.78 is 0. The Morgan fingerprint density at radius 3 is 2.74 bits per heavy atom. The molecule has 1 aromatic carbocycles. The van der Waals surface area contributed by atoms with Gasteiger partial charge in [-0.15, -0.1) is 0 Å². The fourth-order valence-corrected chi connectivity index (χ4v) is 1.82. The highest BCUT2D eigenvalue weighted by molar-refractivity contribution is 5.80. The highest BCUT2D eigenvalue weighted by atomic mass is 16.1. The Balaban J connectivity index is 1.90. The number of aromatic nitrogens is 1. The van der Waals surface area contributed by atoms with Gasteiger partial charge in [-0.05, 0) is 30.7 Å². The molecule has 19 heavy (non-hydrogen) atoms. The number of para-hydroxylation sites is 1. The predicted octanol–water partition coefficient (Wildman–Crippen LogP) is 1.83. The number of anilines is 1. The van der Waals surface area contributed by atoms with E-state index >= 15 is 0 Å². The Morgan fingerprint density at radius 1 is 1.21 bits per heavy atom. The zero-order valence-corrected chi connectivity index (χ0v) is 10.9. The maximum atomic E-state index is 11.8. The Labute approximate surface area is 112 Å². The first-order valence-electron chi connectivity index (χ1n) is 6.18. The Kier molecular flexibility index (Phi) is 4.13. The number of pyridine rings is 1. The number of carbonyl (C=O) groups is 1. The summed E-state index contributed by atoms with van der Waals surface area (Å²) >= 11 is 0. The smallest absolute Gasteiger partial charge is 0.224 e. The van der Waals surface area contributed by atoms with E-state index < -0.39 is 0 Å². The molecule has 0 saturated heterocycles. The van der Waals surface area contributed by atoms with Crippen LogP contribution in [-0.4, -0.2) is 10.9 Å². The maximum absolute atomic E-state index is 11.8. The summed E-state index contributed by atoms with van der Waals surface area (Å²) in [5.41, 5.74) is 9.09. The van der Waals surface area contributed by atoms with E-state index in [1.54, 1.807) is 6.07 Å². The maximum Gasteiger partial charge on any atom is 0.224 e. The van der Waals surface area contributed by atoms with Gasteiger partial charge in [0.2, 0.25) is 5.91 Å². The lowest BCUT2D eigenvalue weighted by Crippen LogP contribution is -2.25. The minimum Gasteiger partial charge on any atom is -0.398 e. The molecule has 0 fully saturated rings. The number of rotatable bonds is 4. The van der Waals surface area contributed by atoms with Crippen LogP contribution in [0.3, 0.4) is 0 Å². The van der Waals surface area contributed by atoms with E-state index in [-0.39, 0.29) is 5.91 Å². The summed E-state index contributed by atoms with van der Waals surface area (Å²) in [7, 11) is 0. The van der Waals surface area contributed by atoms with Crippen LogP contribution in [0.15, 0.2) is 42.5 Å². The average molecular weight is 255 g/mol. The molecular weight excluding hydrogens is 238 g/mol. The lowest BCUT2D eigenvalue weighted by molar-refractivity contribution is -0.120. The zero-order valence-electron chi connectivity index (χ0n) is 10.9. The molecule has 2 rings (SSSR count). The van der Waals surface area contributed by atoms with Gasteiger partial charge in [-0.25, -0.2) is 0 Å². The van der Waals surface area contributed by atoms with Crippen LogP contribution in [0.25, 0.3) is 0 Å². The first-order chi connectivity index (χ1) is 9.15. The van der Waals surface area contributed by atoms with Crippen LogP contribution in [0.4, 0.5) is 5.69 Å². The van der Waals surface area contributed by atoms with Gasteiger partial charge >= 0.3 is 0 Å². The third-order valence-electron chi connectivity index (χ3n) is 2.82. The molecule has 0 aliphatic carbocycles. The van der Waals surface area contributed by atoms with Gasteiger partial charge in [0.05, 0.1) is 18.7 Å². The van der Waals surface area contributed by atoms with Crippen LogP contribution in [-0.2, 0) is 17.8 Å². The third-order valence-corrected chi connectivity index (χ3v) is 2.82. The molecule has 0 bridgehead atoms. The van der Waals surface area contributed by atoms with Gasteiger partial charge in [0, 0.05) is 11.4 Å². The second-order valence-electron chi connectivity index (χ2n) is 4.42. The second-order valence-corrected chi connectivity index (χ2v) is 4.42. The molecule has 4 nitrogen and oxygen atoms in total. The van der Waals surface area contributed by atoms with Crippen LogP contribution in [0.5, 0.6) is 0 Å². The van der Waals surface area contributed by atoms with E-state index in [0.717, 1.165) is 17.0 Å². The van der Waals surface area contributed by atoms with Crippen molar-refractivity contribution in [3.63, 3.8) is 0 Å². The minimum atomic E-state index is -0.0544. The molecule has 0 saturated carbocycles. The predicted molar refractivity (Wildman–Crippen MR) is 75.4 cm³/mol. The Bertz CT molecular complexity index is 581. The Morgan fingerprint density at radius 2 is 2.00 bits per heavy atom. The van der Waals surface area contributed by atoms with Crippen molar-refractivity contribution in [1.29, 1.82) is 0 Å². The number of benzene rings is 1. The summed E-state index contributed by atoms with van der Waals surface area (Å²) in [5.74, 6) is -0.0544. The van der Waals surface area contributed by atoms with Crippen LogP contribution >= 0.6 is 0 Å². The number of nitrogens with zero attached hydrogens (tertiary/aromatic N) is 1. The van der Waals surface area contributed by atoms with Gasteiger partial charge < -0.3 is 11.1 Å². The molecule has 0 unspecified atom stereocenters. The lowest BCUT2D eigenvalue weighted by Gasteiger charge is -2.07. The summed E-state index contributed by atoms with van der Waals surface area (Å²) in [6.07, 6.45) is 0.290. The lowest BCUT2D eigenvalue weighted by atomic mass is 10.1. The van der Waals surface area contributed by atoms with E-state index in [1.807, 2.05) is 43.3 Å². The molecule has 0 atom stereocenters. The van der Waals surface area contributed by atoms with E-state index in [4.69, 9.17) is 5.73 Å². The minimum absolute atomic E-state index is 0.0544. The van der Waals surface area contributed by atoms with Gasteiger partial charge in [0.15, 0.2) is 0 Å². The largest absolute Gasteiger partial charge is 0.398 e. The van der Waals surface area contributed by atoms with Gasteiger partial charge in [-0.3, -0.25) is 9.78 Å². The van der Waals surface area contributed by atoms with Crippen molar-refractivity contribution < 1.29 is 4.79 Å². The summed E-state index contributed by atoms with van der Waals surface area (Å²) in [6.45, 7) is 2.36. The normalized spacial score (nSPS) is 10.2. The molecule has 0 aliphatic rings. The van der Waals surface area contributed by atoms with Crippen molar-refractivity contribution in [2.75, 3.05) is 5.73 Å². The topological polar surface area (TPSA) is 68.0 Å². The third kappa shape index (κ3) is 3.81. The number of nitrogens with two attached hydrogens (primary N) is 1. The van der Waals surface area contributed by atoms with Crippen molar-refractivity contribution in [1.82, 2.24) is 10.3 Å². The number of nitrogen functional groups attached to an aromatic ring is 1. The van der Waals surface area contributed by atoms with Crippen LogP contribution in [0, 0.1) is 6.92 Å². The molecule has 0 aliphatic heterocycles.